The molecule has 0 bridgehead atoms. The highest BCUT2D eigenvalue weighted by Gasteiger charge is 2.27. The second kappa shape index (κ2) is 5.26. The van der Waals surface area contributed by atoms with Crippen molar-refractivity contribution in [3.05, 3.63) is 50.8 Å². The summed E-state index contributed by atoms with van der Waals surface area (Å²) in [5.41, 5.74) is 3.43. The lowest BCUT2D eigenvalue weighted by Gasteiger charge is -2.11. The molecule has 1 aromatic heterocycles. The van der Waals surface area contributed by atoms with Crippen molar-refractivity contribution in [1.29, 1.82) is 0 Å². The summed E-state index contributed by atoms with van der Waals surface area (Å²) in [6, 6.07) is 9.79. The molecule has 0 radical (unpaired) electrons. The zero-order chi connectivity index (χ0) is 14.3. The van der Waals surface area contributed by atoms with Crippen LogP contribution in [0, 0.1) is 6.92 Å². The van der Waals surface area contributed by atoms with Crippen molar-refractivity contribution < 1.29 is 8.42 Å². The Morgan fingerprint density at radius 2 is 1.85 bits per heavy atom. The van der Waals surface area contributed by atoms with Crippen molar-refractivity contribution in [2.45, 2.75) is 30.0 Å². The van der Waals surface area contributed by atoms with E-state index in [9.17, 15) is 8.42 Å². The number of thiophene rings is 1. The summed E-state index contributed by atoms with van der Waals surface area (Å²) < 4.78 is 28.8. The second-order valence-corrected chi connectivity index (χ2v) is 9.33. The number of aryl methyl sites for hydroxylation is 1. The fraction of sp³-hybridized carbons (Fsp3) is 0.286. The first-order valence-electron chi connectivity index (χ1n) is 6.31. The van der Waals surface area contributed by atoms with Gasteiger partial charge >= 0.3 is 0 Å². The number of rotatable bonds is 3. The van der Waals surface area contributed by atoms with Crippen LogP contribution in [0.2, 0.25) is 0 Å². The minimum Gasteiger partial charge on any atom is -0.207 e. The fourth-order valence-electron chi connectivity index (χ4n) is 2.48. The Kier molecular flexibility index (Phi) is 3.75. The minimum absolute atomic E-state index is 0.0430. The molecule has 1 aliphatic rings. The monoisotopic (exact) mass is 371 g/mol. The maximum atomic E-state index is 12.4. The molecule has 106 valence electrons. The van der Waals surface area contributed by atoms with Crippen molar-refractivity contribution in [3.63, 3.8) is 0 Å². The molecule has 6 heteroatoms. The molecule has 1 aromatic carbocycles. The highest BCUT2D eigenvalue weighted by Crippen LogP contribution is 2.31. The van der Waals surface area contributed by atoms with E-state index in [1.165, 1.54) is 22.5 Å². The first-order valence-corrected chi connectivity index (χ1v) is 9.40. The van der Waals surface area contributed by atoms with Gasteiger partial charge in [0, 0.05) is 6.04 Å². The van der Waals surface area contributed by atoms with Crippen molar-refractivity contribution >= 4 is 37.3 Å². The zero-order valence-electron chi connectivity index (χ0n) is 10.9. The molecule has 20 heavy (non-hydrogen) atoms. The van der Waals surface area contributed by atoms with Gasteiger partial charge in [-0.2, -0.15) is 0 Å². The van der Waals surface area contributed by atoms with Gasteiger partial charge < -0.3 is 0 Å². The SMILES string of the molecule is Cc1cc(S(=O)(=O)NC2Cc3ccccc3C2)sc1Br. The van der Waals surface area contributed by atoms with Crippen molar-refractivity contribution in [2.75, 3.05) is 0 Å². The van der Waals surface area contributed by atoms with E-state index in [1.807, 2.05) is 19.1 Å². The van der Waals surface area contributed by atoms with Crippen molar-refractivity contribution in [2.24, 2.45) is 0 Å². The summed E-state index contributed by atoms with van der Waals surface area (Å²) in [5, 5.41) is 0. The van der Waals surface area contributed by atoms with E-state index in [-0.39, 0.29) is 6.04 Å². The third-order valence-corrected chi connectivity index (χ3v) is 7.60. The van der Waals surface area contributed by atoms with E-state index in [2.05, 4.69) is 32.8 Å². The van der Waals surface area contributed by atoms with E-state index >= 15 is 0 Å². The van der Waals surface area contributed by atoms with Gasteiger partial charge in [0.25, 0.3) is 0 Å². The number of halogens is 1. The van der Waals surface area contributed by atoms with Crippen LogP contribution in [0.15, 0.2) is 38.3 Å². The maximum absolute atomic E-state index is 12.4. The van der Waals surface area contributed by atoms with Crippen LogP contribution in [0.25, 0.3) is 0 Å². The first kappa shape index (κ1) is 14.3. The predicted molar refractivity (Wildman–Crippen MR) is 84.7 cm³/mol. The first-order chi connectivity index (χ1) is 9.45. The number of hydrogen-bond donors (Lipinski definition) is 1. The topological polar surface area (TPSA) is 46.2 Å². The van der Waals surface area contributed by atoms with E-state index in [4.69, 9.17) is 0 Å². The van der Waals surface area contributed by atoms with Gasteiger partial charge in [0.15, 0.2) is 0 Å². The van der Waals surface area contributed by atoms with Gasteiger partial charge in [-0.15, -0.1) is 11.3 Å². The number of sulfonamides is 1. The molecule has 0 unspecified atom stereocenters. The van der Waals surface area contributed by atoms with Gasteiger partial charge in [-0.25, -0.2) is 13.1 Å². The lowest BCUT2D eigenvalue weighted by Crippen LogP contribution is -2.34. The van der Waals surface area contributed by atoms with Crippen LogP contribution < -0.4 is 4.72 Å². The number of fused-ring (bicyclic) bond motifs is 1. The van der Waals surface area contributed by atoms with Gasteiger partial charge in [-0.05, 0) is 58.5 Å². The molecule has 0 fully saturated rings. The van der Waals surface area contributed by atoms with Crippen LogP contribution >= 0.6 is 27.3 Å². The maximum Gasteiger partial charge on any atom is 0.250 e. The predicted octanol–water partition coefficient (Wildman–Crippen LogP) is 3.26. The molecule has 1 N–H and O–H groups in total. The smallest absolute Gasteiger partial charge is 0.207 e. The third-order valence-electron chi connectivity index (χ3n) is 3.47. The van der Waals surface area contributed by atoms with E-state index in [0.717, 1.165) is 22.2 Å². The molecule has 0 amide bonds. The van der Waals surface area contributed by atoms with Gasteiger partial charge in [-0.1, -0.05) is 24.3 Å². The molecule has 2 aromatic rings. The number of benzene rings is 1. The fourth-order valence-corrected chi connectivity index (χ4v) is 5.96. The van der Waals surface area contributed by atoms with Crippen LogP contribution in [-0.2, 0) is 22.9 Å². The zero-order valence-corrected chi connectivity index (χ0v) is 14.1. The summed E-state index contributed by atoms with van der Waals surface area (Å²) in [5.74, 6) is 0. The third kappa shape index (κ3) is 2.70. The average Bonchev–Trinajstić information content (AvgIpc) is 2.93. The largest absolute Gasteiger partial charge is 0.250 e. The van der Waals surface area contributed by atoms with Gasteiger partial charge in [0.2, 0.25) is 10.0 Å². The minimum atomic E-state index is -3.42. The Hall–Kier alpha value is -0.690. The lowest BCUT2D eigenvalue weighted by molar-refractivity contribution is 0.557. The molecular formula is C14H14BrNO2S2. The molecule has 0 saturated heterocycles. The Morgan fingerprint density at radius 1 is 1.25 bits per heavy atom. The highest BCUT2D eigenvalue weighted by molar-refractivity contribution is 9.11. The van der Waals surface area contributed by atoms with E-state index in [1.54, 1.807) is 6.07 Å². The van der Waals surface area contributed by atoms with Crippen LogP contribution in [0.1, 0.15) is 16.7 Å². The molecule has 0 atom stereocenters. The Morgan fingerprint density at radius 3 is 2.35 bits per heavy atom. The Bertz CT molecular complexity index is 708. The van der Waals surface area contributed by atoms with Gasteiger partial charge in [0.05, 0.1) is 3.79 Å². The van der Waals surface area contributed by atoms with Crippen LogP contribution in [0.3, 0.4) is 0 Å². The standard InChI is InChI=1S/C14H14BrNO2S2/c1-9-6-13(19-14(9)15)20(17,18)16-12-7-10-4-2-3-5-11(10)8-12/h2-6,12,16H,7-8H2,1H3. The molecule has 0 aliphatic heterocycles. The van der Waals surface area contributed by atoms with Gasteiger partial charge in [-0.3, -0.25) is 0 Å². The quantitative estimate of drug-likeness (QED) is 0.899. The van der Waals surface area contributed by atoms with Crippen LogP contribution in [0.4, 0.5) is 0 Å². The summed E-state index contributed by atoms with van der Waals surface area (Å²) in [6.45, 7) is 1.89. The average molecular weight is 372 g/mol. The molecule has 1 heterocycles. The Balaban J connectivity index is 1.79. The molecule has 0 spiro atoms. The molecule has 0 saturated carbocycles. The number of hydrogen-bond acceptors (Lipinski definition) is 3. The Labute approximate surface area is 131 Å². The summed E-state index contributed by atoms with van der Waals surface area (Å²) in [6.07, 6.45) is 1.53. The van der Waals surface area contributed by atoms with E-state index in [0.29, 0.717) is 4.21 Å². The van der Waals surface area contributed by atoms with Crippen molar-refractivity contribution in [1.82, 2.24) is 4.72 Å². The highest BCUT2D eigenvalue weighted by atomic mass is 79.9. The van der Waals surface area contributed by atoms with Crippen molar-refractivity contribution in [3.8, 4) is 0 Å². The summed E-state index contributed by atoms with van der Waals surface area (Å²) in [4.78, 5) is 0. The molecule has 3 nitrogen and oxygen atoms in total. The van der Waals surface area contributed by atoms with Gasteiger partial charge in [0.1, 0.15) is 4.21 Å². The molecule has 1 aliphatic carbocycles. The normalized spacial score (nSPS) is 15.5. The summed E-state index contributed by atoms with van der Waals surface area (Å²) >= 11 is 4.63. The van der Waals surface area contributed by atoms with Crippen LogP contribution in [0.5, 0.6) is 0 Å². The van der Waals surface area contributed by atoms with E-state index < -0.39 is 10.0 Å². The molecular weight excluding hydrogens is 358 g/mol. The molecule has 3 rings (SSSR count). The number of nitrogens with one attached hydrogen (secondary N) is 1. The second-order valence-electron chi connectivity index (χ2n) is 5.02. The lowest BCUT2D eigenvalue weighted by atomic mass is 10.1. The van der Waals surface area contributed by atoms with Crippen LogP contribution in [-0.4, -0.2) is 14.5 Å². The summed E-state index contributed by atoms with van der Waals surface area (Å²) in [7, 11) is -3.42.